The van der Waals surface area contributed by atoms with Gasteiger partial charge < -0.3 is 0 Å². The maximum Gasteiger partial charge on any atom is 0.243 e. The molecule has 2 heterocycles. The van der Waals surface area contributed by atoms with E-state index in [9.17, 15) is 9.59 Å². The molecule has 140 valence electrons. The first-order valence-corrected chi connectivity index (χ1v) is 10.4. The number of aromatic nitrogens is 1. The third kappa shape index (κ3) is 2.61. The Bertz CT molecular complexity index is 1080. The highest BCUT2D eigenvalue weighted by atomic mass is 35.5. The zero-order valence-corrected chi connectivity index (χ0v) is 16.7. The van der Waals surface area contributed by atoms with Gasteiger partial charge in [-0.3, -0.25) is 9.59 Å². The first kappa shape index (κ1) is 17.6. The van der Waals surface area contributed by atoms with Crippen LogP contribution in [0.3, 0.4) is 0 Å². The van der Waals surface area contributed by atoms with E-state index in [2.05, 4.69) is 4.98 Å². The highest BCUT2D eigenvalue weighted by Crippen LogP contribution is 2.52. The van der Waals surface area contributed by atoms with Crippen LogP contribution in [0.15, 0.2) is 54.6 Å². The fraction of sp³-hybridized carbons (Fsp3) is 0.227. The second-order valence-electron chi connectivity index (χ2n) is 7.26. The number of amides is 2. The highest BCUT2D eigenvalue weighted by molar-refractivity contribution is 7.12. The molecule has 0 radical (unpaired) electrons. The summed E-state index contributed by atoms with van der Waals surface area (Å²) in [6.07, 6.45) is 0.657. The fourth-order valence-corrected chi connectivity index (χ4v) is 5.67. The number of benzene rings is 2. The van der Waals surface area contributed by atoms with Crippen molar-refractivity contribution in [2.45, 2.75) is 25.2 Å². The molecule has 2 amide bonds. The number of hydrogen-bond donors (Lipinski definition) is 0. The molecule has 6 heteroatoms. The van der Waals surface area contributed by atoms with Crippen molar-refractivity contribution in [3.63, 3.8) is 0 Å². The third-order valence-electron chi connectivity index (χ3n) is 5.63. The summed E-state index contributed by atoms with van der Waals surface area (Å²) in [5.74, 6) is -1.26. The molecule has 0 spiro atoms. The first-order valence-electron chi connectivity index (χ1n) is 9.19. The van der Waals surface area contributed by atoms with E-state index in [1.165, 1.54) is 16.2 Å². The lowest BCUT2D eigenvalue weighted by Gasteiger charge is -2.30. The van der Waals surface area contributed by atoms with Crippen LogP contribution in [-0.4, -0.2) is 16.8 Å². The van der Waals surface area contributed by atoms with Crippen molar-refractivity contribution in [3.05, 3.63) is 80.8 Å². The van der Waals surface area contributed by atoms with E-state index in [1.54, 1.807) is 0 Å². The van der Waals surface area contributed by atoms with Gasteiger partial charge in [-0.2, -0.15) is 0 Å². The fourth-order valence-electron chi connectivity index (χ4n) is 4.45. The van der Waals surface area contributed by atoms with E-state index in [4.69, 9.17) is 11.6 Å². The van der Waals surface area contributed by atoms with Crippen molar-refractivity contribution in [1.29, 1.82) is 0 Å². The quantitative estimate of drug-likeness (QED) is 0.576. The molecule has 4 nitrogen and oxygen atoms in total. The summed E-state index contributed by atoms with van der Waals surface area (Å²) in [5, 5.41) is 1.58. The van der Waals surface area contributed by atoms with Crippen molar-refractivity contribution >= 4 is 40.4 Å². The average molecular weight is 409 g/mol. The van der Waals surface area contributed by atoms with E-state index < -0.39 is 11.8 Å². The molecule has 3 atom stereocenters. The second-order valence-corrected chi connectivity index (χ2v) is 8.93. The third-order valence-corrected chi connectivity index (χ3v) is 6.98. The van der Waals surface area contributed by atoms with Crippen molar-refractivity contribution in [1.82, 2.24) is 4.98 Å². The Hall–Kier alpha value is -2.50. The number of rotatable bonds is 2. The van der Waals surface area contributed by atoms with Crippen molar-refractivity contribution < 1.29 is 9.59 Å². The van der Waals surface area contributed by atoms with Gasteiger partial charge in [0.2, 0.25) is 11.8 Å². The smallest absolute Gasteiger partial charge is 0.243 e. The zero-order valence-electron chi connectivity index (χ0n) is 15.1. The maximum atomic E-state index is 13.5. The number of nitrogens with zero attached hydrogens (tertiary/aromatic N) is 2. The molecular formula is C22H17ClN2O2S. The Morgan fingerprint density at radius 2 is 1.75 bits per heavy atom. The number of carbonyl (C=O) groups excluding carboxylic acids is 2. The Labute approximate surface area is 171 Å². The lowest BCUT2D eigenvalue weighted by molar-refractivity contribution is -0.122. The van der Waals surface area contributed by atoms with Crippen molar-refractivity contribution in [2.75, 3.05) is 4.90 Å². The van der Waals surface area contributed by atoms with Gasteiger partial charge in [-0.15, -0.1) is 11.3 Å². The summed E-state index contributed by atoms with van der Waals surface area (Å²) in [4.78, 5) is 33.9. The molecule has 1 aliphatic carbocycles. The van der Waals surface area contributed by atoms with Crippen LogP contribution in [0, 0.1) is 12.8 Å². The van der Waals surface area contributed by atoms with Crippen LogP contribution in [0.25, 0.3) is 0 Å². The first-order chi connectivity index (χ1) is 13.5. The second kappa shape index (κ2) is 6.54. The molecule has 2 aromatic carbocycles. The molecule has 1 aliphatic heterocycles. The Balaban J connectivity index is 1.66. The molecule has 5 rings (SSSR count). The normalized spacial score (nSPS) is 23.6. The molecule has 1 aromatic heterocycles. The van der Waals surface area contributed by atoms with E-state index >= 15 is 0 Å². The van der Waals surface area contributed by atoms with Gasteiger partial charge >= 0.3 is 0 Å². The largest absolute Gasteiger partial charge is 0.274 e. The van der Waals surface area contributed by atoms with Gasteiger partial charge in [0.05, 0.1) is 28.2 Å². The Morgan fingerprint density at radius 1 is 1.04 bits per heavy atom. The van der Waals surface area contributed by atoms with Gasteiger partial charge in [0.25, 0.3) is 0 Å². The number of carbonyl (C=O) groups is 2. The van der Waals surface area contributed by atoms with Gasteiger partial charge in [-0.1, -0.05) is 41.9 Å². The summed E-state index contributed by atoms with van der Waals surface area (Å²) < 4.78 is 0. The predicted octanol–water partition coefficient (Wildman–Crippen LogP) is 4.72. The van der Waals surface area contributed by atoms with Crippen molar-refractivity contribution in [3.8, 4) is 0 Å². The van der Waals surface area contributed by atoms with Crippen LogP contribution in [0.1, 0.15) is 33.0 Å². The van der Waals surface area contributed by atoms with Crippen LogP contribution in [0.4, 0.5) is 5.69 Å². The average Bonchev–Trinajstić information content (AvgIpc) is 3.19. The van der Waals surface area contributed by atoms with Crippen LogP contribution in [-0.2, 0) is 16.0 Å². The van der Waals surface area contributed by atoms with Gasteiger partial charge in [-0.05, 0) is 43.2 Å². The van der Waals surface area contributed by atoms with E-state index in [-0.39, 0.29) is 17.7 Å². The molecule has 3 aromatic rings. The SMILES string of the molecule is Cc1nc2c(s1)[C@@H]1C(=O)N(c3ccccc3)C(=O)[C@@H]1[C@H](c1ccc(Cl)cc1)C2. The van der Waals surface area contributed by atoms with E-state index in [0.717, 1.165) is 21.1 Å². The number of hydrogen-bond acceptors (Lipinski definition) is 4. The van der Waals surface area contributed by atoms with Crippen LogP contribution < -0.4 is 4.90 Å². The standard InChI is InChI=1S/C22H17ClN2O2S/c1-12-24-17-11-16(13-7-9-14(23)10-8-13)18-19(20(17)28-12)22(27)25(21(18)26)15-5-3-2-4-6-15/h2-10,16,18-19H,11H2,1H3/t16-,18+,19+/m0/s1. The minimum absolute atomic E-state index is 0.0959. The molecule has 2 aliphatic rings. The van der Waals surface area contributed by atoms with Gasteiger partial charge in [0.1, 0.15) is 0 Å². The maximum absolute atomic E-state index is 13.5. The summed E-state index contributed by atoms with van der Waals surface area (Å²) in [7, 11) is 0. The minimum Gasteiger partial charge on any atom is -0.274 e. The number of para-hydroxylation sites is 1. The Kier molecular flexibility index (Phi) is 4.11. The molecule has 1 fully saturated rings. The number of aryl methyl sites for hydroxylation is 1. The molecule has 0 saturated carbocycles. The summed E-state index contributed by atoms with van der Waals surface area (Å²) >= 11 is 7.60. The zero-order chi connectivity index (χ0) is 19.4. The van der Waals surface area contributed by atoms with E-state index in [0.29, 0.717) is 17.1 Å². The van der Waals surface area contributed by atoms with Gasteiger partial charge in [0, 0.05) is 15.8 Å². The summed E-state index contributed by atoms with van der Waals surface area (Å²) in [5.41, 5.74) is 2.59. The number of halogens is 1. The van der Waals surface area contributed by atoms with Crippen molar-refractivity contribution in [2.24, 2.45) is 5.92 Å². The lowest BCUT2D eigenvalue weighted by atomic mass is 9.72. The van der Waals surface area contributed by atoms with Crippen LogP contribution in [0.5, 0.6) is 0 Å². The van der Waals surface area contributed by atoms with E-state index in [1.807, 2.05) is 61.5 Å². The monoisotopic (exact) mass is 408 g/mol. The summed E-state index contributed by atoms with van der Waals surface area (Å²) in [6.45, 7) is 1.95. The van der Waals surface area contributed by atoms with Gasteiger partial charge in [0.15, 0.2) is 0 Å². The molecule has 0 unspecified atom stereocenters. The Morgan fingerprint density at radius 3 is 2.46 bits per heavy atom. The van der Waals surface area contributed by atoms with Gasteiger partial charge in [-0.25, -0.2) is 9.88 Å². The minimum atomic E-state index is -0.469. The predicted molar refractivity (Wildman–Crippen MR) is 110 cm³/mol. The molecule has 0 bridgehead atoms. The molecule has 1 saturated heterocycles. The molecule has 28 heavy (non-hydrogen) atoms. The number of anilines is 1. The number of imide groups is 1. The van der Waals surface area contributed by atoms with Crippen LogP contribution >= 0.6 is 22.9 Å². The number of fused-ring (bicyclic) bond motifs is 3. The number of thiazole rings is 1. The topological polar surface area (TPSA) is 50.3 Å². The highest BCUT2D eigenvalue weighted by Gasteiger charge is 2.56. The lowest BCUT2D eigenvalue weighted by Crippen LogP contribution is -2.32. The summed E-state index contributed by atoms with van der Waals surface area (Å²) in [6, 6.07) is 16.8. The molecular weight excluding hydrogens is 392 g/mol. The van der Waals surface area contributed by atoms with Crippen LogP contribution in [0.2, 0.25) is 5.02 Å². The molecule has 0 N–H and O–H groups in total.